The highest BCUT2D eigenvalue weighted by Gasteiger charge is 2.24. The van der Waals surface area contributed by atoms with Crippen LogP contribution < -0.4 is 0 Å². The lowest BCUT2D eigenvalue weighted by molar-refractivity contribution is 0.0682. The van der Waals surface area contributed by atoms with Crippen molar-refractivity contribution in [3.63, 3.8) is 0 Å². The average Bonchev–Trinajstić information content (AvgIpc) is 3.36. The van der Waals surface area contributed by atoms with Crippen LogP contribution in [0.5, 0.6) is 0 Å². The van der Waals surface area contributed by atoms with Crippen molar-refractivity contribution in [3.05, 3.63) is 67.1 Å². The maximum atomic E-state index is 12.7. The molecule has 4 rings (SSSR count). The van der Waals surface area contributed by atoms with E-state index in [0.29, 0.717) is 11.5 Å². The van der Waals surface area contributed by atoms with Crippen molar-refractivity contribution < 1.29 is 4.79 Å². The van der Waals surface area contributed by atoms with E-state index < -0.39 is 0 Å². The van der Waals surface area contributed by atoms with Crippen LogP contribution in [0.15, 0.2) is 61.6 Å². The molecular formula is C19H21N5O. The third-order valence-corrected chi connectivity index (χ3v) is 4.79. The Balaban J connectivity index is 1.35. The summed E-state index contributed by atoms with van der Waals surface area (Å²) in [6, 6.07) is 7.66. The molecule has 4 heterocycles. The molecule has 1 amide bonds. The molecule has 3 aromatic rings. The largest absolute Gasteiger partial charge is 0.339 e. The second-order valence-corrected chi connectivity index (χ2v) is 6.49. The van der Waals surface area contributed by atoms with Crippen molar-refractivity contribution in [2.24, 2.45) is 5.92 Å². The Labute approximate surface area is 146 Å². The number of likely N-dealkylation sites (tertiary alicyclic amines) is 1. The minimum Gasteiger partial charge on any atom is -0.339 e. The first kappa shape index (κ1) is 15.6. The van der Waals surface area contributed by atoms with E-state index in [1.54, 1.807) is 6.20 Å². The fourth-order valence-corrected chi connectivity index (χ4v) is 3.35. The molecule has 25 heavy (non-hydrogen) atoms. The quantitative estimate of drug-likeness (QED) is 0.736. The molecule has 0 atom stereocenters. The zero-order chi connectivity index (χ0) is 17.1. The Morgan fingerprint density at radius 2 is 1.92 bits per heavy atom. The Kier molecular flexibility index (Phi) is 4.33. The van der Waals surface area contributed by atoms with Gasteiger partial charge in [-0.2, -0.15) is 0 Å². The molecule has 0 bridgehead atoms. The van der Waals surface area contributed by atoms with E-state index in [9.17, 15) is 4.79 Å². The first-order valence-electron chi connectivity index (χ1n) is 8.64. The van der Waals surface area contributed by atoms with Gasteiger partial charge in [-0.25, -0.2) is 9.97 Å². The maximum absolute atomic E-state index is 12.7. The minimum absolute atomic E-state index is 0.0765. The molecule has 1 saturated heterocycles. The number of piperidine rings is 1. The minimum atomic E-state index is 0.0765. The highest BCUT2D eigenvalue weighted by Crippen LogP contribution is 2.20. The highest BCUT2D eigenvalue weighted by molar-refractivity contribution is 5.94. The van der Waals surface area contributed by atoms with Crippen LogP contribution in [0.2, 0.25) is 0 Å². The molecular weight excluding hydrogens is 314 g/mol. The number of hydrogen-bond donors (Lipinski definition) is 0. The predicted molar refractivity (Wildman–Crippen MR) is 94.4 cm³/mol. The van der Waals surface area contributed by atoms with Crippen LogP contribution in [0.1, 0.15) is 23.2 Å². The number of carbonyl (C=O) groups excluding carboxylic acids is 1. The summed E-state index contributed by atoms with van der Waals surface area (Å²) in [6.07, 6.45) is 13.3. The molecule has 1 aliphatic rings. The molecule has 1 fully saturated rings. The molecule has 0 unspecified atom stereocenters. The normalized spacial score (nSPS) is 15.4. The van der Waals surface area contributed by atoms with Crippen molar-refractivity contribution in [1.82, 2.24) is 24.0 Å². The van der Waals surface area contributed by atoms with Crippen LogP contribution in [0.4, 0.5) is 0 Å². The summed E-state index contributed by atoms with van der Waals surface area (Å²) in [5.74, 6) is 1.50. The smallest absolute Gasteiger partial charge is 0.255 e. The second-order valence-electron chi connectivity index (χ2n) is 6.49. The Morgan fingerprint density at radius 3 is 2.56 bits per heavy atom. The molecule has 6 heteroatoms. The molecule has 0 aromatic carbocycles. The predicted octanol–water partition coefficient (Wildman–Crippen LogP) is 2.62. The van der Waals surface area contributed by atoms with Gasteiger partial charge in [-0.05, 0) is 43.0 Å². The molecule has 0 saturated carbocycles. The maximum Gasteiger partial charge on any atom is 0.255 e. The number of pyridine rings is 1. The van der Waals surface area contributed by atoms with E-state index >= 15 is 0 Å². The Hall–Kier alpha value is -2.89. The molecule has 128 valence electrons. The zero-order valence-corrected chi connectivity index (χ0v) is 14.0. The van der Waals surface area contributed by atoms with Crippen LogP contribution in [-0.2, 0) is 6.54 Å². The Bertz CT molecular complexity index is 800. The van der Waals surface area contributed by atoms with E-state index in [1.165, 1.54) is 0 Å². The summed E-state index contributed by atoms with van der Waals surface area (Å²) < 4.78 is 4.04. The number of nitrogens with zero attached hydrogens (tertiary/aromatic N) is 5. The fourth-order valence-electron chi connectivity index (χ4n) is 3.35. The van der Waals surface area contributed by atoms with E-state index in [0.717, 1.165) is 38.3 Å². The summed E-state index contributed by atoms with van der Waals surface area (Å²) in [7, 11) is 0. The van der Waals surface area contributed by atoms with Gasteiger partial charge in [-0.1, -0.05) is 0 Å². The zero-order valence-electron chi connectivity index (χ0n) is 14.0. The van der Waals surface area contributed by atoms with Gasteiger partial charge in [0, 0.05) is 50.6 Å². The van der Waals surface area contributed by atoms with E-state index in [-0.39, 0.29) is 5.91 Å². The van der Waals surface area contributed by atoms with Gasteiger partial charge in [0.2, 0.25) is 0 Å². The van der Waals surface area contributed by atoms with Gasteiger partial charge in [0.05, 0.1) is 11.9 Å². The SMILES string of the molecule is O=C(c1ccc(-n2cccc2)nc1)N1CCC(Cn2ccnc2)CC1. The molecule has 1 aliphatic heterocycles. The van der Waals surface area contributed by atoms with E-state index in [1.807, 2.05) is 64.8 Å². The number of amides is 1. The highest BCUT2D eigenvalue weighted by atomic mass is 16.2. The van der Waals surface area contributed by atoms with Gasteiger partial charge in [-0.3, -0.25) is 4.79 Å². The van der Waals surface area contributed by atoms with Crippen molar-refractivity contribution >= 4 is 5.91 Å². The molecule has 0 aliphatic carbocycles. The van der Waals surface area contributed by atoms with Gasteiger partial charge in [-0.15, -0.1) is 0 Å². The third kappa shape index (κ3) is 3.47. The Morgan fingerprint density at radius 1 is 1.12 bits per heavy atom. The lowest BCUT2D eigenvalue weighted by Gasteiger charge is -2.32. The van der Waals surface area contributed by atoms with Gasteiger partial charge >= 0.3 is 0 Å². The van der Waals surface area contributed by atoms with Crippen molar-refractivity contribution in [1.29, 1.82) is 0 Å². The standard InChI is InChI=1S/C19H21N5O/c25-19(17-3-4-18(21-13-17)23-8-1-2-9-23)24-10-5-16(6-11-24)14-22-12-7-20-15-22/h1-4,7-9,12-13,15-16H,5-6,10-11,14H2. The van der Waals surface area contributed by atoms with Crippen molar-refractivity contribution in [3.8, 4) is 5.82 Å². The number of aromatic nitrogens is 4. The number of carbonyl (C=O) groups is 1. The molecule has 0 radical (unpaired) electrons. The summed E-state index contributed by atoms with van der Waals surface area (Å²) in [4.78, 5) is 23.1. The van der Waals surface area contributed by atoms with E-state index in [4.69, 9.17) is 0 Å². The van der Waals surface area contributed by atoms with Crippen LogP contribution in [0.3, 0.4) is 0 Å². The third-order valence-electron chi connectivity index (χ3n) is 4.79. The summed E-state index contributed by atoms with van der Waals surface area (Å²) in [5, 5.41) is 0. The van der Waals surface area contributed by atoms with Crippen molar-refractivity contribution in [2.75, 3.05) is 13.1 Å². The van der Waals surface area contributed by atoms with Crippen molar-refractivity contribution in [2.45, 2.75) is 19.4 Å². The second kappa shape index (κ2) is 6.93. The molecule has 3 aromatic heterocycles. The lowest BCUT2D eigenvalue weighted by Crippen LogP contribution is -2.39. The lowest BCUT2D eigenvalue weighted by atomic mass is 9.96. The first-order chi connectivity index (χ1) is 12.3. The number of hydrogen-bond acceptors (Lipinski definition) is 3. The number of rotatable bonds is 4. The van der Waals surface area contributed by atoms with Crippen LogP contribution in [0.25, 0.3) is 5.82 Å². The molecule has 6 nitrogen and oxygen atoms in total. The van der Waals surface area contributed by atoms with Crippen LogP contribution in [0, 0.1) is 5.92 Å². The monoisotopic (exact) mass is 335 g/mol. The summed E-state index contributed by atoms with van der Waals surface area (Å²) >= 11 is 0. The molecule has 0 N–H and O–H groups in total. The van der Waals surface area contributed by atoms with Gasteiger partial charge in [0.25, 0.3) is 5.91 Å². The summed E-state index contributed by atoms with van der Waals surface area (Å²) in [5.41, 5.74) is 0.656. The topological polar surface area (TPSA) is 56.0 Å². The van der Waals surface area contributed by atoms with E-state index in [2.05, 4.69) is 14.5 Å². The van der Waals surface area contributed by atoms with Gasteiger partial charge in [0.15, 0.2) is 0 Å². The summed E-state index contributed by atoms with van der Waals surface area (Å²) in [6.45, 7) is 2.59. The van der Waals surface area contributed by atoms with Gasteiger partial charge in [0.1, 0.15) is 5.82 Å². The average molecular weight is 335 g/mol. The van der Waals surface area contributed by atoms with Gasteiger partial charge < -0.3 is 14.0 Å². The van der Waals surface area contributed by atoms with Crippen LogP contribution in [-0.4, -0.2) is 43.0 Å². The first-order valence-corrected chi connectivity index (χ1v) is 8.64. The number of imidazole rings is 1. The fraction of sp³-hybridized carbons (Fsp3) is 0.316. The van der Waals surface area contributed by atoms with Crippen LogP contribution >= 0.6 is 0 Å². The molecule has 0 spiro atoms.